The Morgan fingerprint density at radius 3 is 2.73 bits per heavy atom. The summed E-state index contributed by atoms with van der Waals surface area (Å²) in [6.07, 6.45) is 0.197. The number of benzene rings is 1. The predicted molar refractivity (Wildman–Crippen MR) is 51.9 cm³/mol. The second-order valence-electron chi connectivity index (χ2n) is 3.05. The Bertz CT molecular complexity index is 355. The highest BCUT2D eigenvalue weighted by atomic mass is 19.1. The molecule has 0 radical (unpaired) electrons. The molecule has 0 saturated heterocycles. The lowest BCUT2D eigenvalue weighted by atomic mass is 10.2. The van der Waals surface area contributed by atoms with Crippen LogP contribution < -0.4 is 11.1 Å². The summed E-state index contributed by atoms with van der Waals surface area (Å²) in [6.45, 7) is 0.294. The van der Waals surface area contributed by atoms with Crippen molar-refractivity contribution in [3.8, 4) is 0 Å². The fourth-order valence-corrected chi connectivity index (χ4v) is 1.08. The lowest BCUT2D eigenvalue weighted by molar-refractivity contribution is -0.121. The van der Waals surface area contributed by atoms with Gasteiger partial charge in [0.25, 0.3) is 0 Å². The van der Waals surface area contributed by atoms with E-state index in [4.69, 9.17) is 5.73 Å². The molecule has 0 saturated carbocycles. The molecule has 1 aromatic carbocycles. The van der Waals surface area contributed by atoms with E-state index in [0.717, 1.165) is 12.1 Å². The molecule has 0 fully saturated rings. The van der Waals surface area contributed by atoms with Crippen molar-refractivity contribution in [1.82, 2.24) is 5.32 Å². The van der Waals surface area contributed by atoms with Gasteiger partial charge in [-0.3, -0.25) is 4.79 Å². The van der Waals surface area contributed by atoms with Gasteiger partial charge in [-0.15, -0.1) is 0 Å². The monoisotopic (exact) mass is 214 g/mol. The number of hydrogen-bond acceptors (Lipinski definition) is 2. The first-order valence-corrected chi connectivity index (χ1v) is 4.54. The van der Waals surface area contributed by atoms with Gasteiger partial charge in [0.2, 0.25) is 5.91 Å². The number of nitrogens with one attached hydrogen (secondary N) is 1. The van der Waals surface area contributed by atoms with Crippen LogP contribution in [-0.4, -0.2) is 12.5 Å². The summed E-state index contributed by atoms with van der Waals surface area (Å²) in [5.74, 6) is -1.55. The van der Waals surface area contributed by atoms with Crippen molar-refractivity contribution in [3.63, 3.8) is 0 Å². The van der Waals surface area contributed by atoms with Crippen LogP contribution >= 0.6 is 0 Å². The normalized spacial score (nSPS) is 10.1. The third-order valence-corrected chi connectivity index (χ3v) is 1.86. The third-order valence-electron chi connectivity index (χ3n) is 1.86. The zero-order valence-corrected chi connectivity index (χ0v) is 8.09. The SMILES string of the molecule is NCCC(=O)NCc1ccc(F)cc1F. The maximum atomic E-state index is 13.1. The van der Waals surface area contributed by atoms with E-state index < -0.39 is 11.6 Å². The van der Waals surface area contributed by atoms with Gasteiger partial charge in [-0.25, -0.2) is 8.78 Å². The molecule has 3 nitrogen and oxygen atoms in total. The summed E-state index contributed by atoms with van der Waals surface area (Å²) in [7, 11) is 0. The van der Waals surface area contributed by atoms with E-state index in [1.54, 1.807) is 0 Å². The molecule has 0 aliphatic carbocycles. The largest absolute Gasteiger partial charge is 0.352 e. The molecule has 0 aliphatic rings. The molecule has 1 aromatic rings. The van der Waals surface area contributed by atoms with Gasteiger partial charge in [-0.2, -0.15) is 0 Å². The van der Waals surface area contributed by atoms with Gasteiger partial charge in [0.15, 0.2) is 0 Å². The highest BCUT2D eigenvalue weighted by Crippen LogP contribution is 2.08. The average Bonchev–Trinajstić information content (AvgIpc) is 2.17. The molecule has 0 spiro atoms. The van der Waals surface area contributed by atoms with Crippen LogP contribution in [0.1, 0.15) is 12.0 Å². The zero-order valence-electron chi connectivity index (χ0n) is 8.09. The quantitative estimate of drug-likeness (QED) is 0.783. The third kappa shape index (κ3) is 3.63. The van der Waals surface area contributed by atoms with E-state index in [2.05, 4.69) is 5.32 Å². The first kappa shape index (κ1) is 11.6. The van der Waals surface area contributed by atoms with Crippen molar-refractivity contribution >= 4 is 5.91 Å². The van der Waals surface area contributed by atoms with Crippen molar-refractivity contribution in [2.45, 2.75) is 13.0 Å². The van der Waals surface area contributed by atoms with Crippen LogP contribution in [0.2, 0.25) is 0 Å². The molecular formula is C10H12F2N2O. The molecule has 5 heteroatoms. The van der Waals surface area contributed by atoms with Gasteiger partial charge in [0, 0.05) is 31.1 Å². The second kappa shape index (κ2) is 5.41. The van der Waals surface area contributed by atoms with E-state index in [1.165, 1.54) is 6.07 Å². The van der Waals surface area contributed by atoms with E-state index in [-0.39, 0.29) is 31.0 Å². The van der Waals surface area contributed by atoms with Gasteiger partial charge in [0.05, 0.1) is 0 Å². The highest BCUT2D eigenvalue weighted by Gasteiger charge is 2.05. The van der Waals surface area contributed by atoms with Crippen molar-refractivity contribution in [2.24, 2.45) is 5.73 Å². The number of amides is 1. The van der Waals surface area contributed by atoms with Crippen LogP contribution in [0, 0.1) is 11.6 Å². The molecule has 0 atom stereocenters. The van der Waals surface area contributed by atoms with Gasteiger partial charge in [-0.1, -0.05) is 6.07 Å². The predicted octanol–water partition coefficient (Wildman–Crippen LogP) is 0.930. The standard InChI is InChI=1S/C10H12F2N2O/c11-8-2-1-7(9(12)5-8)6-14-10(15)3-4-13/h1-2,5H,3-4,6,13H2,(H,14,15). The number of hydrogen-bond donors (Lipinski definition) is 2. The molecule has 0 unspecified atom stereocenters. The topological polar surface area (TPSA) is 55.1 Å². The fourth-order valence-electron chi connectivity index (χ4n) is 1.08. The minimum absolute atomic E-state index is 0.0466. The lowest BCUT2D eigenvalue weighted by Gasteiger charge is -2.05. The van der Waals surface area contributed by atoms with Crippen molar-refractivity contribution in [2.75, 3.05) is 6.54 Å². The minimum atomic E-state index is -0.664. The smallest absolute Gasteiger partial charge is 0.221 e. The molecule has 3 N–H and O–H groups in total. The van der Waals surface area contributed by atoms with Gasteiger partial charge in [-0.05, 0) is 6.07 Å². The van der Waals surface area contributed by atoms with Crippen LogP contribution in [0.15, 0.2) is 18.2 Å². The average molecular weight is 214 g/mol. The lowest BCUT2D eigenvalue weighted by Crippen LogP contribution is -2.25. The maximum absolute atomic E-state index is 13.1. The van der Waals surface area contributed by atoms with Crippen LogP contribution in [-0.2, 0) is 11.3 Å². The molecule has 0 bridgehead atoms. The van der Waals surface area contributed by atoms with E-state index >= 15 is 0 Å². The van der Waals surface area contributed by atoms with Gasteiger partial charge >= 0.3 is 0 Å². The number of carbonyl (C=O) groups excluding carboxylic acids is 1. The van der Waals surface area contributed by atoms with Crippen LogP contribution in [0.4, 0.5) is 8.78 Å². The molecule has 0 aromatic heterocycles. The first-order valence-electron chi connectivity index (χ1n) is 4.54. The second-order valence-corrected chi connectivity index (χ2v) is 3.05. The molecule has 82 valence electrons. The Morgan fingerprint density at radius 2 is 2.13 bits per heavy atom. The summed E-state index contributed by atoms with van der Waals surface area (Å²) in [4.78, 5) is 11.0. The molecule has 0 aliphatic heterocycles. The van der Waals surface area contributed by atoms with Crippen molar-refractivity contribution < 1.29 is 13.6 Å². The summed E-state index contributed by atoms with van der Waals surface area (Å²) in [6, 6.07) is 3.23. The van der Waals surface area contributed by atoms with Crippen molar-refractivity contribution in [3.05, 3.63) is 35.4 Å². The van der Waals surface area contributed by atoms with Crippen molar-refractivity contribution in [1.29, 1.82) is 0 Å². The number of halogens is 2. The molecule has 15 heavy (non-hydrogen) atoms. The van der Waals surface area contributed by atoms with E-state index in [1.807, 2.05) is 0 Å². The Kier molecular flexibility index (Phi) is 4.17. The van der Waals surface area contributed by atoms with E-state index in [9.17, 15) is 13.6 Å². The van der Waals surface area contributed by atoms with Crippen LogP contribution in [0.5, 0.6) is 0 Å². The Hall–Kier alpha value is -1.49. The number of nitrogens with two attached hydrogens (primary N) is 1. The number of rotatable bonds is 4. The summed E-state index contributed by atoms with van der Waals surface area (Å²) in [5.41, 5.74) is 5.42. The minimum Gasteiger partial charge on any atom is -0.352 e. The van der Waals surface area contributed by atoms with Crippen LogP contribution in [0.3, 0.4) is 0 Å². The van der Waals surface area contributed by atoms with E-state index in [0.29, 0.717) is 0 Å². The highest BCUT2D eigenvalue weighted by molar-refractivity contribution is 5.76. The Balaban J connectivity index is 2.54. The summed E-state index contributed by atoms with van der Waals surface area (Å²) >= 11 is 0. The first-order chi connectivity index (χ1) is 7.13. The molecule has 0 heterocycles. The molecule has 1 amide bonds. The Labute approximate surface area is 86.3 Å². The summed E-state index contributed by atoms with van der Waals surface area (Å²) in [5, 5.41) is 2.48. The molecule has 1 rings (SSSR count). The number of carbonyl (C=O) groups is 1. The van der Waals surface area contributed by atoms with Gasteiger partial charge < -0.3 is 11.1 Å². The summed E-state index contributed by atoms with van der Waals surface area (Å²) < 4.78 is 25.6. The van der Waals surface area contributed by atoms with Gasteiger partial charge in [0.1, 0.15) is 11.6 Å². The zero-order chi connectivity index (χ0) is 11.3. The molecular weight excluding hydrogens is 202 g/mol. The van der Waals surface area contributed by atoms with Crippen LogP contribution in [0.25, 0.3) is 0 Å². The maximum Gasteiger partial charge on any atom is 0.221 e. The fraction of sp³-hybridized carbons (Fsp3) is 0.300. The Morgan fingerprint density at radius 1 is 1.40 bits per heavy atom.